The molecule has 0 radical (unpaired) electrons. The summed E-state index contributed by atoms with van der Waals surface area (Å²) in [4.78, 5) is 39.0. The van der Waals surface area contributed by atoms with Crippen LogP contribution in [0.5, 0.6) is 0 Å². The normalized spacial score (nSPS) is 17.4. The second-order valence-corrected chi connectivity index (χ2v) is 10.9. The highest BCUT2D eigenvalue weighted by Crippen LogP contribution is 2.27. The van der Waals surface area contributed by atoms with Gasteiger partial charge in [0.1, 0.15) is 5.82 Å². The molecule has 14 heteroatoms. The number of carbonyl (C=O) groups is 2. The quantitative estimate of drug-likeness (QED) is 0.281. The third-order valence-electron chi connectivity index (χ3n) is 5.62. The number of pyridine rings is 1. The number of anilines is 2. The zero-order chi connectivity index (χ0) is 25.8. The fraction of sp³-hybridized carbons (Fsp3) is 0.261. The first-order chi connectivity index (χ1) is 17.9. The number of rotatable bonds is 8. The number of benzene rings is 1. The molecule has 2 aromatic heterocycles. The average Bonchev–Trinajstić information content (AvgIpc) is 3.22. The Hall–Kier alpha value is -3.59. The minimum Gasteiger partial charge on any atom is -0.378 e. The smallest absolute Gasteiger partial charge is 0.290 e. The molecule has 37 heavy (non-hydrogen) atoms. The number of sulfonamides is 1. The van der Waals surface area contributed by atoms with Crippen molar-refractivity contribution < 1.29 is 22.7 Å². The molecule has 3 aromatic rings. The molecule has 0 spiro atoms. The number of amides is 2. The van der Waals surface area contributed by atoms with E-state index in [4.69, 9.17) is 4.74 Å². The van der Waals surface area contributed by atoms with Gasteiger partial charge in [0.15, 0.2) is 0 Å². The molecule has 2 amide bonds. The van der Waals surface area contributed by atoms with Gasteiger partial charge in [0.25, 0.3) is 11.1 Å². The summed E-state index contributed by atoms with van der Waals surface area (Å²) in [6.07, 6.45) is 4.70. The van der Waals surface area contributed by atoms with Crippen molar-refractivity contribution >= 4 is 61.5 Å². The summed E-state index contributed by atoms with van der Waals surface area (Å²) < 4.78 is 33.9. The molecule has 0 saturated carbocycles. The Kier molecular flexibility index (Phi) is 7.32. The van der Waals surface area contributed by atoms with Gasteiger partial charge in [-0.05, 0) is 30.0 Å². The van der Waals surface area contributed by atoms with Crippen molar-refractivity contribution in [3.05, 3.63) is 53.3 Å². The SMILES string of the molecule is O=C1NC(=O)C(=Cc2cc(N3CCOCC3)nc(NCCNS(=O)(=O)c3cccc4cnccc34)n2)S1. The molecule has 0 atom stereocenters. The van der Waals surface area contributed by atoms with Gasteiger partial charge in [-0.2, -0.15) is 4.98 Å². The van der Waals surface area contributed by atoms with E-state index in [-0.39, 0.29) is 28.8 Å². The van der Waals surface area contributed by atoms with Crippen LogP contribution in [0.3, 0.4) is 0 Å². The zero-order valence-corrected chi connectivity index (χ0v) is 21.1. The van der Waals surface area contributed by atoms with E-state index in [0.717, 1.165) is 17.1 Å². The number of carbonyl (C=O) groups excluding carboxylic acids is 2. The van der Waals surface area contributed by atoms with Crippen LogP contribution in [0.1, 0.15) is 5.69 Å². The van der Waals surface area contributed by atoms with Crippen LogP contribution in [-0.2, 0) is 19.6 Å². The van der Waals surface area contributed by atoms with Crippen LogP contribution >= 0.6 is 11.8 Å². The third kappa shape index (κ3) is 5.88. The van der Waals surface area contributed by atoms with E-state index in [0.29, 0.717) is 43.2 Å². The van der Waals surface area contributed by atoms with Crippen LogP contribution in [0.2, 0.25) is 0 Å². The maximum absolute atomic E-state index is 12.9. The second kappa shape index (κ2) is 10.8. The van der Waals surface area contributed by atoms with Gasteiger partial charge in [-0.1, -0.05) is 12.1 Å². The zero-order valence-electron chi connectivity index (χ0n) is 19.5. The molecule has 0 unspecified atom stereocenters. The summed E-state index contributed by atoms with van der Waals surface area (Å²) in [6.45, 7) is 2.69. The molecule has 192 valence electrons. The summed E-state index contributed by atoms with van der Waals surface area (Å²) in [6, 6.07) is 8.43. The van der Waals surface area contributed by atoms with E-state index in [1.54, 1.807) is 42.7 Å². The van der Waals surface area contributed by atoms with Crippen molar-refractivity contribution in [2.24, 2.45) is 0 Å². The summed E-state index contributed by atoms with van der Waals surface area (Å²) in [7, 11) is -3.77. The van der Waals surface area contributed by atoms with Gasteiger partial charge in [-0.15, -0.1) is 0 Å². The van der Waals surface area contributed by atoms with Gasteiger partial charge in [0.05, 0.1) is 28.7 Å². The fourth-order valence-corrected chi connectivity index (χ4v) is 5.81. The van der Waals surface area contributed by atoms with Crippen LogP contribution in [0.4, 0.5) is 16.6 Å². The maximum Gasteiger partial charge on any atom is 0.290 e. The summed E-state index contributed by atoms with van der Waals surface area (Å²) in [5.41, 5.74) is 0.441. The molecular formula is C23H23N7O5S2. The number of nitrogens with zero attached hydrogens (tertiary/aromatic N) is 4. The molecule has 2 aliphatic heterocycles. The first kappa shape index (κ1) is 25.1. The van der Waals surface area contributed by atoms with E-state index in [2.05, 4.69) is 30.3 Å². The van der Waals surface area contributed by atoms with Gasteiger partial charge in [-0.25, -0.2) is 18.1 Å². The van der Waals surface area contributed by atoms with E-state index in [9.17, 15) is 18.0 Å². The predicted molar refractivity (Wildman–Crippen MR) is 140 cm³/mol. The predicted octanol–water partition coefficient (Wildman–Crippen LogP) is 1.58. The first-order valence-corrected chi connectivity index (χ1v) is 13.7. The molecule has 2 aliphatic rings. The van der Waals surface area contributed by atoms with Crippen molar-refractivity contribution in [3.63, 3.8) is 0 Å². The van der Waals surface area contributed by atoms with Gasteiger partial charge < -0.3 is 15.0 Å². The van der Waals surface area contributed by atoms with Crippen molar-refractivity contribution in [2.75, 3.05) is 49.6 Å². The summed E-state index contributed by atoms with van der Waals surface area (Å²) in [5.74, 6) is 0.419. The number of thioether (sulfide) groups is 1. The average molecular weight is 542 g/mol. The highest BCUT2D eigenvalue weighted by Gasteiger charge is 2.25. The van der Waals surface area contributed by atoms with Crippen LogP contribution in [0.15, 0.2) is 52.5 Å². The molecule has 0 aliphatic carbocycles. The molecular weight excluding hydrogens is 518 g/mol. The topological polar surface area (TPSA) is 156 Å². The number of hydrogen-bond donors (Lipinski definition) is 3. The third-order valence-corrected chi connectivity index (χ3v) is 7.95. The van der Waals surface area contributed by atoms with E-state index in [1.165, 1.54) is 6.08 Å². The number of aromatic nitrogens is 3. The Bertz CT molecular complexity index is 1480. The van der Waals surface area contributed by atoms with Crippen molar-refractivity contribution in [1.29, 1.82) is 0 Å². The first-order valence-electron chi connectivity index (χ1n) is 11.4. The molecule has 0 bridgehead atoms. The second-order valence-electron chi connectivity index (χ2n) is 8.10. The number of hydrogen-bond acceptors (Lipinski definition) is 11. The number of morpholine rings is 1. The fourth-order valence-electron chi connectivity index (χ4n) is 3.88. The lowest BCUT2D eigenvalue weighted by Crippen LogP contribution is -2.37. The Morgan fingerprint density at radius 2 is 1.97 bits per heavy atom. The van der Waals surface area contributed by atoms with Gasteiger partial charge in [0, 0.05) is 55.4 Å². The molecule has 12 nitrogen and oxygen atoms in total. The summed E-state index contributed by atoms with van der Waals surface area (Å²) in [5, 5.41) is 6.15. The molecule has 2 saturated heterocycles. The highest BCUT2D eigenvalue weighted by atomic mass is 32.2. The minimum atomic E-state index is -3.77. The number of ether oxygens (including phenoxy) is 1. The van der Waals surface area contributed by atoms with Crippen LogP contribution in [0.25, 0.3) is 16.8 Å². The van der Waals surface area contributed by atoms with Gasteiger partial charge in [-0.3, -0.25) is 19.9 Å². The number of imide groups is 1. The van der Waals surface area contributed by atoms with Gasteiger partial charge in [0.2, 0.25) is 16.0 Å². The number of nitrogens with one attached hydrogen (secondary N) is 3. The Morgan fingerprint density at radius 3 is 2.76 bits per heavy atom. The van der Waals surface area contributed by atoms with Crippen LogP contribution in [-0.4, -0.2) is 73.9 Å². The van der Waals surface area contributed by atoms with Crippen molar-refractivity contribution in [1.82, 2.24) is 25.0 Å². The van der Waals surface area contributed by atoms with Crippen LogP contribution in [0, 0.1) is 0 Å². The Balaban J connectivity index is 1.31. The molecule has 5 rings (SSSR count). The van der Waals surface area contributed by atoms with Gasteiger partial charge >= 0.3 is 0 Å². The summed E-state index contributed by atoms with van der Waals surface area (Å²) >= 11 is 0.805. The molecule has 1 aromatic carbocycles. The minimum absolute atomic E-state index is 0.0815. The van der Waals surface area contributed by atoms with E-state index < -0.39 is 21.2 Å². The van der Waals surface area contributed by atoms with Crippen LogP contribution < -0.4 is 20.3 Å². The highest BCUT2D eigenvalue weighted by molar-refractivity contribution is 8.18. The largest absolute Gasteiger partial charge is 0.378 e. The van der Waals surface area contributed by atoms with Crippen molar-refractivity contribution in [3.8, 4) is 0 Å². The van der Waals surface area contributed by atoms with Crippen molar-refractivity contribution in [2.45, 2.75) is 4.90 Å². The lowest BCUT2D eigenvalue weighted by Gasteiger charge is -2.28. The lowest BCUT2D eigenvalue weighted by atomic mass is 10.2. The number of fused-ring (bicyclic) bond motifs is 1. The molecule has 4 heterocycles. The molecule has 3 N–H and O–H groups in total. The van der Waals surface area contributed by atoms with E-state index >= 15 is 0 Å². The Labute approximate surface area is 217 Å². The lowest BCUT2D eigenvalue weighted by molar-refractivity contribution is -0.115. The monoisotopic (exact) mass is 541 g/mol. The maximum atomic E-state index is 12.9. The standard InChI is InChI=1S/C23H23N7O5S2/c31-21-18(36-23(32)29-21)12-16-13-20(30-8-10-35-11-9-30)28-22(27-16)25-6-7-26-37(33,34)19-3-1-2-15-14-24-5-4-17(15)19/h1-5,12-14,26H,6-11H2,(H,25,27,28)(H,29,31,32). The van der Waals surface area contributed by atoms with E-state index in [1.807, 2.05) is 4.90 Å². The molecule has 2 fully saturated rings. The Morgan fingerprint density at radius 1 is 1.14 bits per heavy atom.